The van der Waals surface area contributed by atoms with Crippen LogP contribution in [0, 0.1) is 12.7 Å². The third-order valence-corrected chi connectivity index (χ3v) is 5.53. The SMILES string of the molecule is C=Cc1cc(C)cc2c3c(n(CC(=C)c4ccc(F)cc4)c12)CCN(C)C3. The van der Waals surface area contributed by atoms with Crippen LogP contribution < -0.4 is 0 Å². The van der Waals surface area contributed by atoms with Crippen LogP contribution in [0.15, 0.2) is 49.6 Å². The minimum Gasteiger partial charge on any atom is -0.339 e. The fourth-order valence-corrected chi connectivity index (χ4v) is 4.20. The summed E-state index contributed by atoms with van der Waals surface area (Å²) < 4.78 is 15.7. The minimum absolute atomic E-state index is 0.220. The first-order valence-corrected chi connectivity index (χ1v) is 9.37. The summed E-state index contributed by atoms with van der Waals surface area (Å²) in [5.41, 5.74) is 8.42. The van der Waals surface area contributed by atoms with Crippen LogP contribution >= 0.6 is 0 Å². The van der Waals surface area contributed by atoms with Gasteiger partial charge in [0.15, 0.2) is 0 Å². The molecule has 2 nitrogen and oxygen atoms in total. The highest BCUT2D eigenvalue weighted by Crippen LogP contribution is 2.35. The van der Waals surface area contributed by atoms with Gasteiger partial charge in [0.25, 0.3) is 0 Å². The first-order valence-electron chi connectivity index (χ1n) is 9.37. The highest BCUT2D eigenvalue weighted by atomic mass is 19.1. The highest BCUT2D eigenvalue weighted by molar-refractivity contribution is 5.93. The van der Waals surface area contributed by atoms with E-state index in [2.05, 4.69) is 48.7 Å². The highest BCUT2D eigenvalue weighted by Gasteiger charge is 2.24. The van der Waals surface area contributed by atoms with Crippen LogP contribution in [-0.4, -0.2) is 23.1 Å². The normalized spacial score (nSPS) is 14.3. The summed E-state index contributed by atoms with van der Waals surface area (Å²) in [6.07, 6.45) is 2.97. The van der Waals surface area contributed by atoms with Crippen molar-refractivity contribution in [1.82, 2.24) is 9.47 Å². The van der Waals surface area contributed by atoms with Crippen molar-refractivity contribution in [3.8, 4) is 0 Å². The van der Waals surface area contributed by atoms with Crippen molar-refractivity contribution in [2.45, 2.75) is 26.4 Å². The molecule has 0 saturated carbocycles. The first kappa shape index (κ1) is 17.7. The van der Waals surface area contributed by atoms with Gasteiger partial charge in [0.05, 0.1) is 5.52 Å². The number of aryl methyl sites for hydroxylation is 1. The Labute approximate surface area is 160 Å². The molecule has 138 valence electrons. The molecule has 0 saturated heterocycles. The Morgan fingerprint density at radius 3 is 2.67 bits per heavy atom. The van der Waals surface area contributed by atoms with Gasteiger partial charge < -0.3 is 9.47 Å². The van der Waals surface area contributed by atoms with Gasteiger partial charge in [-0.2, -0.15) is 0 Å². The second-order valence-electron chi connectivity index (χ2n) is 7.56. The van der Waals surface area contributed by atoms with E-state index in [1.165, 1.54) is 39.9 Å². The van der Waals surface area contributed by atoms with E-state index < -0.39 is 0 Å². The van der Waals surface area contributed by atoms with Crippen LogP contribution in [0.25, 0.3) is 22.6 Å². The van der Waals surface area contributed by atoms with E-state index in [-0.39, 0.29) is 5.82 Å². The van der Waals surface area contributed by atoms with E-state index in [0.717, 1.165) is 36.2 Å². The molecule has 0 spiro atoms. The molecule has 27 heavy (non-hydrogen) atoms. The fraction of sp³-hybridized carbons (Fsp3) is 0.250. The van der Waals surface area contributed by atoms with Gasteiger partial charge in [0, 0.05) is 37.1 Å². The lowest BCUT2D eigenvalue weighted by molar-refractivity contribution is 0.310. The Bertz CT molecular complexity index is 1040. The third-order valence-electron chi connectivity index (χ3n) is 5.53. The summed E-state index contributed by atoms with van der Waals surface area (Å²) in [5.74, 6) is -0.220. The number of rotatable bonds is 4. The van der Waals surface area contributed by atoms with Gasteiger partial charge in [-0.3, -0.25) is 0 Å². The molecule has 0 aliphatic carbocycles. The van der Waals surface area contributed by atoms with E-state index in [1.807, 2.05) is 18.2 Å². The number of benzene rings is 2. The van der Waals surface area contributed by atoms with Crippen molar-refractivity contribution in [1.29, 1.82) is 0 Å². The summed E-state index contributed by atoms with van der Waals surface area (Å²) in [6, 6.07) is 11.1. The lowest BCUT2D eigenvalue weighted by Gasteiger charge is -2.24. The number of hydrogen-bond acceptors (Lipinski definition) is 1. The predicted molar refractivity (Wildman–Crippen MR) is 112 cm³/mol. The topological polar surface area (TPSA) is 8.17 Å². The van der Waals surface area contributed by atoms with Crippen LogP contribution in [0.4, 0.5) is 4.39 Å². The third kappa shape index (κ3) is 3.13. The molecule has 0 radical (unpaired) electrons. The summed E-state index contributed by atoms with van der Waals surface area (Å²) in [4.78, 5) is 2.37. The van der Waals surface area contributed by atoms with Gasteiger partial charge in [-0.1, -0.05) is 31.4 Å². The molecule has 0 unspecified atom stereocenters. The number of nitrogens with zero attached hydrogens (tertiary/aromatic N) is 2. The van der Waals surface area contributed by atoms with E-state index >= 15 is 0 Å². The van der Waals surface area contributed by atoms with Crippen LogP contribution in [0.5, 0.6) is 0 Å². The average Bonchev–Trinajstić information content (AvgIpc) is 2.94. The van der Waals surface area contributed by atoms with Crippen molar-refractivity contribution >= 4 is 22.6 Å². The Hall–Kier alpha value is -2.65. The Kier molecular flexibility index (Phi) is 4.48. The van der Waals surface area contributed by atoms with Crippen molar-refractivity contribution in [3.63, 3.8) is 0 Å². The lowest BCUT2D eigenvalue weighted by atomic mass is 10.0. The van der Waals surface area contributed by atoms with Crippen LogP contribution in [0.1, 0.15) is 27.9 Å². The fourth-order valence-electron chi connectivity index (χ4n) is 4.20. The first-order chi connectivity index (χ1) is 13.0. The maximum absolute atomic E-state index is 13.3. The largest absolute Gasteiger partial charge is 0.339 e. The summed E-state index contributed by atoms with van der Waals surface area (Å²) in [6.45, 7) is 13.2. The standard InChI is InChI=1S/C24H25FN2/c1-5-18-12-16(2)13-21-22-15-26(4)11-10-23(22)27(24(18)21)14-17(3)19-6-8-20(25)9-7-19/h5-9,12-13H,1,3,10-11,14-15H2,2,4H3. The smallest absolute Gasteiger partial charge is 0.123 e. The van der Waals surface area contributed by atoms with Crippen LogP contribution in [-0.2, 0) is 19.5 Å². The maximum Gasteiger partial charge on any atom is 0.123 e. The number of aromatic nitrogens is 1. The molecule has 0 bridgehead atoms. The van der Waals surface area contributed by atoms with E-state index in [9.17, 15) is 4.39 Å². The van der Waals surface area contributed by atoms with Crippen LogP contribution in [0.2, 0.25) is 0 Å². The monoisotopic (exact) mass is 360 g/mol. The molecule has 2 aromatic carbocycles. The molecule has 0 atom stereocenters. The molecule has 0 N–H and O–H groups in total. The molecule has 0 fully saturated rings. The zero-order chi connectivity index (χ0) is 19.1. The van der Waals surface area contributed by atoms with Gasteiger partial charge in [0.1, 0.15) is 5.82 Å². The molecule has 0 amide bonds. The Morgan fingerprint density at radius 1 is 1.22 bits per heavy atom. The maximum atomic E-state index is 13.3. The van der Waals surface area contributed by atoms with E-state index in [4.69, 9.17) is 0 Å². The molecule has 2 heterocycles. The lowest BCUT2D eigenvalue weighted by Crippen LogP contribution is -2.27. The molecule has 1 aliphatic rings. The Morgan fingerprint density at radius 2 is 1.96 bits per heavy atom. The number of fused-ring (bicyclic) bond motifs is 3. The summed E-state index contributed by atoms with van der Waals surface area (Å²) in [7, 11) is 2.17. The average molecular weight is 360 g/mol. The van der Waals surface area contributed by atoms with Gasteiger partial charge in [0.2, 0.25) is 0 Å². The predicted octanol–water partition coefficient (Wildman–Crippen LogP) is 5.43. The van der Waals surface area contributed by atoms with Crippen molar-refractivity contribution in [2.75, 3.05) is 13.6 Å². The molecular weight excluding hydrogens is 335 g/mol. The zero-order valence-corrected chi connectivity index (χ0v) is 16.1. The number of allylic oxidation sites excluding steroid dienone is 1. The molecular formula is C24H25FN2. The molecule has 3 heteroatoms. The molecule has 4 rings (SSSR count). The van der Waals surface area contributed by atoms with E-state index in [1.54, 1.807) is 0 Å². The quantitative estimate of drug-likeness (QED) is 0.602. The number of likely N-dealkylation sites (N-methyl/N-ethyl adjacent to an activating group) is 1. The van der Waals surface area contributed by atoms with Crippen molar-refractivity contribution in [3.05, 3.63) is 83.3 Å². The van der Waals surface area contributed by atoms with Gasteiger partial charge >= 0.3 is 0 Å². The number of hydrogen-bond donors (Lipinski definition) is 0. The van der Waals surface area contributed by atoms with Crippen molar-refractivity contribution < 1.29 is 4.39 Å². The van der Waals surface area contributed by atoms with Gasteiger partial charge in [-0.15, -0.1) is 0 Å². The van der Waals surface area contributed by atoms with Gasteiger partial charge in [-0.05, 0) is 66.1 Å². The Balaban J connectivity index is 1.87. The minimum atomic E-state index is -0.220. The summed E-state index contributed by atoms with van der Waals surface area (Å²) in [5, 5.41) is 1.32. The summed E-state index contributed by atoms with van der Waals surface area (Å²) >= 11 is 0. The second-order valence-corrected chi connectivity index (χ2v) is 7.56. The molecule has 1 aliphatic heterocycles. The molecule has 1 aromatic heterocycles. The van der Waals surface area contributed by atoms with Crippen molar-refractivity contribution in [2.24, 2.45) is 0 Å². The van der Waals surface area contributed by atoms with Crippen LogP contribution in [0.3, 0.4) is 0 Å². The molecule has 3 aromatic rings. The van der Waals surface area contributed by atoms with E-state index in [0.29, 0.717) is 6.54 Å². The zero-order valence-electron chi connectivity index (χ0n) is 16.1. The second kappa shape index (κ2) is 6.82. The number of halogens is 1. The van der Waals surface area contributed by atoms with Gasteiger partial charge in [-0.25, -0.2) is 4.39 Å².